The SMILES string of the molecule is O=C(CC1CCCCC1)N1CCCC1.O=C(CN1CCC(OF)CC1)N1CCN(C(=O)c2cc(Cc3n[nH]c(=O)c4ccccc34)ccc2F)CC1. The van der Waals surface area contributed by atoms with Gasteiger partial charge in [-0.3, -0.25) is 24.1 Å². The topological polar surface area (TPSA) is 119 Å². The standard InChI is InChI=1S/C27H29F2N5O4.C12H21NO/c28-23-6-5-18(16-24-20-3-1-2-4-21(20)26(36)31-30-24)15-22(23)27(37)34-13-11-33(12-14-34)25(35)17-32-9-7-19(38-29)8-10-32;14-12(13-8-4-5-9-13)10-11-6-2-1-3-7-11/h1-6,15,19H,7-14,16-17H2,(H,31,36);11H,1-10H2. The third kappa shape index (κ3) is 9.60. The maximum Gasteiger partial charge on any atom is 0.272 e. The number of halogens is 2. The van der Waals surface area contributed by atoms with E-state index in [0.717, 1.165) is 19.5 Å². The van der Waals surface area contributed by atoms with Crippen LogP contribution in [0.2, 0.25) is 0 Å². The highest BCUT2D eigenvalue weighted by Crippen LogP contribution is 2.27. The molecule has 0 unspecified atom stereocenters. The van der Waals surface area contributed by atoms with Crippen LogP contribution in [0.5, 0.6) is 0 Å². The number of piperidine rings is 1. The van der Waals surface area contributed by atoms with Gasteiger partial charge in [0, 0.05) is 70.6 Å². The van der Waals surface area contributed by atoms with Gasteiger partial charge >= 0.3 is 0 Å². The van der Waals surface area contributed by atoms with Gasteiger partial charge < -0.3 is 14.7 Å². The lowest BCUT2D eigenvalue weighted by molar-refractivity contribution is -0.191. The van der Waals surface area contributed by atoms with Gasteiger partial charge in [-0.05, 0) is 72.7 Å². The molecule has 52 heavy (non-hydrogen) atoms. The van der Waals surface area contributed by atoms with Crippen LogP contribution in [0.25, 0.3) is 10.8 Å². The molecule has 1 saturated carbocycles. The van der Waals surface area contributed by atoms with Crippen molar-refractivity contribution >= 4 is 28.5 Å². The summed E-state index contributed by atoms with van der Waals surface area (Å²) < 4.78 is 27.1. The molecule has 11 nitrogen and oxygen atoms in total. The van der Waals surface area contributed by atoms with Crippen molar-refractivity contribution in [3.8, 4) is 0 Å². The highest BCUT2D eigenvalue weighted by atomic mass is 19.3. The number of nitrogens with zero attached hydrogens (tertiary/aromatic N) is 5. The van der Waals surface area contributed by atoms with Crippen LogP contribution in [0.4, 0.5) is 8.92 Å². The first-order valence-corrected chi connectivity index (χ1v) is 18.9. The second kappa shape index (κ2) is 18.0. The molecular formula is C39H50F2N6O5. The minimum absolute atomic E-state index is 0.0334. The molecule has 4 aliphatic rings. The van der Waals surface area contributed by atoms with Crippen LogP contribution >= 0.6 is 0 Å². The Hall–Kier alpha value is -4.23. The van der Waals surface area contributed by atoms with Crippen LogP contribution in [0.15, 0.2) is 47.3 Å². The van der Waals surface area contributed by atoms with Gasteiger partial charge in [-0.15, -0.1) is 0 Å². The first-order valence-electron chi connectivity index (χ1n) is 18.9. The van der Waals surface area contributed by atoms with Gasteiger partial charge in [-0.1, -0.05) is 43.5 Å². The molecule has 0 atom stereocenters. The molecule has 4 heterocycles. The van der Waals surface area contributed by atoms with E-state index in [1.54, 1.807) is 28.0 Å². The third-order valence-electron chi connectivity index (χ3n) is 11.0. The third-order valence-corrected chi connectivity index (χ3v) is 11.0. The average molecular weight is 721 g/mol. The van der Waals surface area contributed by atoms with Crippen molar-refractivity contribution < 1.29 is 28.2 Å². The molecule has 3 amide bonds. The van der Waals surface area contributed by atoms with Gasteiger partial charge in [-0.2, -0.15) is 10.0 Å². The molecule has 0 bridgehead atoms. The Balaban J connectivity index is 0.000000276. The minimum Gasteiger partial charge on any atom is -0.343 e. The fraction of sp³-hybridized carbons (Fsp3) is 0.564. The number of hydrogen-bond donors (Lipinski definition) is 1. The Morgan fingerprint density at radius 1 is 0.769 bits per heavy atom. The van der Waals surface area contributed by atoms with Crippen LogP contribution in [-0.2, 0) is 21.0 Å². The van der Waals surface area contributed by atoms with Crippen molar-refractivity contribution in [2.45, 2.75) is 76.7 Å². The number of hydrogen-bond acceptors (Lipinski definition) is 7. The lowest BCUT2D eigenvalue weighted by Gasteiger charge is -2.36. The molecule has 4 fully saturated rings. The van der Waals surface area contributed by atoms with E-state index in [4.69, 9.17) is 0 Å². The number of H-pyrrole nitrogens is 1. The first-order chi connectivity index (χ1) is 25.3. The van der Waals surface area contributed by atoms with Gasteiger partial charge in [-0.25, -0.2) is 9.49 Å². The fourth-order valence-electron chi connectivity index (χ4n) is 7.86. The van der Waals surface area contributed by atoms with Crippen LogP contribution in [0, 0.1) is 11.7 Å². The van der Waals surface area contributed by atoms with Crippen molar-refractivity contribution in [2.24, 2.45) is 5.92 Å². The molecule has 3 aliphatic heterocycles. The number of fused-ring (bicyclic) bond motifs is 1. The highest BCUT2D eigenvalue weighted by molar-refractivity contribution is 5.95. The predicted molar refractivity (Wildman–Crippen MR) is 193 cm³/mol. The Kier molecular flexibility index (Phi) is 13.0. The van der Waals surface area contributed by atoms with Crippen LogP contribution in [0.3, 0.4) is 0 Å². The highest BCUT2D eigenvalue weighted by Gasteiger charge is 2.29. The van der Waals surface area contributed by atoms with Gasteiger partial charge in [0.2, 0.25) is 11.8 Å². The molecule has 0 radical (unpaired) electrons. The summed E-state index contributed by atoms with van der Waals surface area (Å²) in [6.07, 6.45) is 10.9. The van der Waals surface area contributed by atoms with E-state index in [2.05, 4.69) is 20.0 Å². The summed E-state index contributed by atoms with van der Waals surface area (Å²) in [5.41, 5.74) is 0.996. The number of benzene rings is 2. The lowest BCUT2D eigenvalue weighted by atomic mass is 9.87. The van der Waals surface area contributed by atoms with E-state index in [1.807, 2.05) is 17.0 Å². The molecule has 1 N–H and O–H groups in total. The molecule has 2 aromatic carbocycles. The lowest BCUT2D eigenvalue weighted by Crippen LogP contribution is -2.53. The summed E-state index contributed by atoms with van der Waals surface area (Å²) in [4.78, 5) is 61.1. The summed E-state index contributed by atoms with van der Waals surface area (Å²) in [6, 6.07) is 11.5. The number of nitrogens with one attached hydrogen (secondary N) is 1. The second-order valence-corrected chi connectivity index (χ2v) is 14.6. The van der Waals surface area contributed by atoms with E-state index < -0.39 is 17.8 Å². The quantitative estimate of drug-likeness (QED) is 0.353. The maximum absolute atomic E-state index is 14.7. The number of aromatic amines is 1. The number of rotatable bonds is 8. The van der Waals surface area contributed by atoms with E-state index >= 15 is 0 Å². The summed E-state index contributed by atoms with van der Waals surface area (Å²) in [7, 11) is 0. The summed E-state index contributed by atoms with van der Waals surface area (Å²) in [5, 5.41) is 7.89. The van der Waals surface area contributed by atoms with Gasteiger partial charge in [0.15, 0.2) is 0 Å². The van der Waals surface area contributed by atoms with E-state index in [9.17, 15) is 28.1 Å². The van der Waals surface area contributed by atoms with Crippen molar-refractivity contribution in [1.29, 1.82) is 0 Å². The molecule has 0 spiro atoms. The molecule has 13 heteroatoms. The number of aromatic nitrogens is 2. The zero-order valence-electron chi connectivity index (χ0n) is 29.9. The number of amides is 3. The normalized spacial score (nSPS) is 19.1. The molecule has 3 aromatic rings. The van der Waals surface area contributed by atoms with Crippen molar-refractivity contribution in [3.05, 3.63) is 75.5 Å². The largest absolute Gasteiger partial charge is 0.343 e. The van der Waals surface area contributed by atoms with Crippen LogP contribution in [-0.4, -0.2) is 113 Å². The van der Waals surface area contributed by atoms with E-state index in [0.29, 0.717) is 92.4 Å². The van der Waals surface area contributed by atoms with Crippen LogP contribution in [0.1, 0.15) is 85.8 Å². The van der Waals surface area contributed by atoms with Crippen molar-refractivity contribution in [1.82, 2.24) is 29.8 Å². The van der Waals surface area contributed by atoms with E-state index in [1.165, 1.54) is 57.1 Å². The van der Waals surface area contributed by atoms with Gasteiger partial charge in [0.1, 0.15) is 11.9 Å². The zero-order valence-corrected chi connectivity index (χ0v) is 29.9. The first kappa shape index (κ1) is 37.5. The monoisotopic (exact) mass is 720 g/mol. The minimum atomic E-state index is -0.614. The predicted octanol–water partition coefficient (Wildman–Crippen LogP) is 4.88. The summed E-state index contributed by atoms with van der Waals surface area (Å²) in [5.74, 6) is 0.0537. The Labute approximate surface area is 303 Å². The molecule has 280 valence electrons. The smallest absolute Gasteiger partial charge is 0.272 e. The number of likely N-dealkylation sites (tertiary alicyclic amines) is 2. The number of piperazine rings is 1. The van der Waals surface area contributed by atoms with Gasteiger partial charge in [0.25, 0.3) is 11.5 Å². The number of carbonyl (C=O) groups excluding carboxylic acids is 3. The van der Waals surface area contributed by atoms with Crippen molar-refractivity contribution in [2.75, 3.05) is 58.9 Å². The molecule has 1 aromatic heterocycles. The Morgan fingerprint density at radius 2 is 1.42 bits per heavy atom. The molecule has 1 aliphatic carbocycles. The van der Waals surface area contributed by atoms with Crippen LogP contribution < -0.4 is 5.56 Å². The zero-order chi connectivity index (χ0) is 36.5. The summed E-state index contributed by atoms with van der Waals surface area (Å²) in [6.45, 7) is 4.81. The van der Waals surface area contributed by atoms with Gasteiger partial charge in [0.05, 0.1) is 23.2 Å². The molecular weight excluding hydrogens is 670 g/mol. The average Bonchev–Trinajstić information content (AvgIpc) is 3.73. The van der Waals surface area contributed by atoms with E-state index in [-0.39, 0.29) is 23.6 Å². The second-order valence-electron chi connectivity index (χ2n) is 14.6. The van der Waals surface area contributed by atoms with Crippen molar-refractivity contribution in [3.63, 3.8) is 0 Å². The maximum atomic E-state index is 14.7. The molecule has 7 rings (SSSR count). The number of carbonyl (C=O) groups is 3. The Morgan fingerprint density at radius 3 is 2.12 bits per heavy atom. The fourth-order valence-corrected chi connectivity index (χ4v) is 7.86. The Bertz CT molecular complexity index is 1740. The molecule has 3 saturated heterocycles. The summed E-state index contributed by atoms with van der Waals surface area (Å²) >= 11 is 0.